The number of fused-ring (bicyclic) bond motifs is 2. The van der Waals surface area contributed by atoms with Crippen LogP contribution in [0.3, 0.4) is 0 Å². The van der Waals surface area contributed by atoms with Crippen LogP contribution in [0.1, 0.15) is 17.1 Å². The minimum Gasteiger partial charge on any atom is -0.472 e. The summed E-state index contributed by atoms with van der Waals surface area (Å²) >= 11 is 0. The second-order valence-electron chi connectivity index (χ2n) is 7.34. The summed E-state index contributed by atoms with van der Waals surface area (Å²) in [4.78, 5) is 18.2. The molecule has 5 rings (SSSR count). The number of hydrogen-bond donors (Lipinski definition) is 0. The van der Waals surface area contributed by atoms with E-state index in [9.17, 15) is 0 Å². The lowest BCUT2D eigenvalue weighted by Gasteiger charge is -2.34. The second-order valence-corrected chi connectivity index (χ2v) is 7.34. The Morgan fingerprint density at radius 2 is 1.85 bits per heavy atom. The second kappa shape index (κ2) is 6.49. The molecule has 2 aromatic heterocycles. The minimum absolute atomic E-state index is 0.158. The topological polar surface area (TPSA) is 67.5 Å². The third kappa shape index (κ3) is 3.12. The Bertz CT molecular complexity index is 945. The molecular weight excluding hydrogens is 342 g/mol. The number of rotatable bonds is 3. The first-order valence-corrected chi connectivity index (χ1v) is 9.49. The van der Waals surface area contributed by atoms with E-state index in [1.54, 1.807) is 0 Å². The predicted octanol–water partition coefficient (Wildman–Crippen LogP) is 2.36. The van der Waals surface area contributed by atoms with E-state index in [4.69, 9.17) is 9.15 Å². The molecule has 1 atom stereocenters. The molecule has 0 amide bonds. The fourth-order valence-electron chi connectivity index (χ4n) is 3.97. The Kier molecular flexibility index (Phi) is 3.97. The van der Waals surface area contributed by atoms with Crippen molar-refractivity contribution < 1.29 is 9.15 Å². The van der Waals surface area contributed by atoms with Gasteiger partial charge in [-0.15, -0.1) is 0 Å². The van der Waals surface area contributed by atoms with Crippen molar-refractivity contribution >= 4 is 17.1 Å². The van der Waals surface area contributed by atoms with E-state index < -0.39 is 0 Å². The van der Waals surface area contributed by atoms with Crippen LogP contribution in [0.5, 0.6) is 5.88 Å². The summed E-state index contributed by atoms with van der Waals surface area (Å²) in [6, 6.07) is 8.63. The van der Waals surface area contributed by atoms with Gasteiger partial charge in [-0.2, -0.15) is 9.97 Å². The third-order valence-electron chi connectivity index (χ3n) is 5.39. The van der Waals surface area contributed by atoms with Gasteiger partial charge in [0.1, 0.15) is 17.4 Å². The number of hydrogen-bond acceptors (Lipinski definition) is 7. The number of piperazine rings is 1. The van der Waals surface area contributed by atoms with Crippen LogP contribution >= 0.6 is 0 Å². The first kappa shape index (κ1) is 16.5. The van der Waals surface area contributed by atoms with Crippen LogP contribution < -0.4 is 9.64 Å². The van der Waals surface area contributed by atoms with Crippen molar-refractivity contribution in [1.82, 2.24) is 19.9 Å². The van der Waals surface area contributed by atoms with Crippen molar-refractivity contribution in [2.24, 2.45) is 0 Å². The fraction of sp³-hybridized carbons (Fsp3) is 0.450. The Morgan fingerprint density at radius 3 is 2.67 bits per heavy atom. The molecule has 0 saturated carbocycles. The van der Waals surface area contributed by atoms with Gasteiger partial charge in [-0.05, 0) is 26.0 Å². The fourth-order valence-corrected chi connectivity index (χ4v) is 3.97. The molecule has 0 unspecified atom stereocenters. The van der Waals surface area contributed by atoms with Crippen molar-refractivity contribution in [2.45, 2.75) is 26.4 Å². The molecule has 0 radical (unpaired) electrons. The summed E-state index contributed by atoms with van der Waals surface area (Å²) in [5.41, 5.74) is 3.97. The number of nitrogens with zero attached hydrogens (tertiary/aromatic N) is 5. The van der Waals surface area contributed by atoms with Crippen molar-refractivity contribution in [2.75, 3.05) is 37.6 Å². The van der Waals surface area contributed by atoms with E-state index in [-0.39, 0.29) is 6.10 Å². The zero-order valence-corrected chi connectivity index (χ0v) is 15.7. The molecule has 0 aliphatic carbocycles. The molecule has 2 aliphatic rings. The molecule has 7 nitrogen and oxygen atoms in total. The van der Waals surface area contributed by atoms with Crippen LogP contribution in [-0.4, -0.2) is 58.7 Å². The van der Waals surface area contributed by atoms with Gasteiger partial charge in [0.05, 0.1) is 0 Å². The summed E-state index contributed by atoms with van der Waals surface area (Å²) in [6.07, 6.45) is 1.05. The summed E-state index contributed by atoms with van der Waals surface area (Å²) in [6.45, 7) is 8.62. The number of oxazole rings is 1. The van der Waals surface area contributed by atoms with Gasteiger partial charge in [0.15, 0.2) is 5.58 Å². The Labute approximate surface area is 158 Å². The quantitative estimate of drug-likeness (QED) is 0.706. The van der Waals surface area contributed by atoms with Crippen LogP contribution in [0, 0.1) is 13.8 Å². The highest BCUT2D eigenvalue weighted by Crippen LogP contribution is 2.29. The molecule has 1 fully saturated rings. The molecule has 0 bridgehead atoms. The van der Waals surface area contributed by atoms with Crippen LogP contribution in [0.15, 0.2) is 28.7 Å². The monoisotopic (exact) mass is 365 g/mol. The van der Waals surface area contributed by atoms with E-state index in [0.29, 0.717) is 0 Å². The standard InChI is InChI=1S/C20H23N5O2/c1-13-16-11-15(26-19(16)22-14(2)21-13)12-24-7-9-25(10-8-24)20-23-17-5-3-4-6-18(17)27-20/h3-6,15H,7-12H2,1-2H3/t15-/m0/s1. The number of aryl methyl sites for hydroxylation is 2. The number of aromatic nitrogens is 3. The average Bonchev–Trinajstić information content (AvgIpc) is 3.26. The van der Waals surface area contributed by atoms with E-state index >= 15 is 0 Å². The largest absolute Gasteiger partial charge is 0.472 e. The molecule has 3 aromatic rings. The Balaban J connectivity index is 1.20. The highest BCUT2D eigenvalue weighted by molar-refractivity contribution is 5.74. The van der Waals surface area contributed by atoms with Crippen LogP contribution in [0.4, 0.5) is 6.01 Å². The molecule has 0 N–H and O–H groups in total. The lowest BCUT2D eigenvalue weighted by Crippen LogP contribution is -2.49. The van der Waals surface area contributed by atoms with Gasteiger partial charge in [-0.3, -0.25) is 4.90 Å². The van der Waals surface area contributed by atoms with Gasteiger partial charge >= 0.3 is 0 Å². The SMILES string of the molecule is Cc1nc(C)c2c(n1)O[C@H](CN1CCN(c3nc4ccccc4o3)CC1)C2. The lowest BCUT2D eigenvalue weighted by atomic mass is 10.1. The van der Waals surface area contributed by atoms with Gasteiger partial charge in [0.2, 0.25) is 5.88 Å². The van der Waals surface area contributed by atoms with Gasteiger partial charge in [-0.1, -0.05) is 12.1 Å². The number of ether oxygens (including phenoxy) is 1. The molecule has 27 heavy (non-hydrogen) atoms. The maximum absolute atomic E-state index is 6.09. The maximum Gasteiger partial charge on any atom is 0.298 e. The smallest absolute Gasteiger partial charge is 0.298 e. The summed E-state index contributed by atoms with van der Waals surface area (Å²) in [7, 11) is 0. The molecule has 4 heterocycles. The van der Waals surface area contributed by atoms with Crippen LogP contribution in [-0.2, 0) is 6.42 Å². The van der Waals surface area contributed by atoms with Gasteiger partial charge < -0.3 is 14.1 Å². The molecule has 2 aliphatic heterocycles. The molecule has 1 saturated heterocycles. The normalized spacial score (nSPS) is 20.1. The third-order valence-corrected chi connectivity index (χ3v) is 5.39. The zero-order valence-electron chi connectivity index (χ0n) is 15.7. The molecule has 1 aromatic carbocycles. The van der Waals surface area contributed by atoms with E-state index in [2.05, 4.69) is 24.8 Å². The van der Waals surface area contributed by atoms with Gasteiger partial charge in [0.25, 0.3) is 6.01 Å². The van der Waals surface area contributed by atoms with Crippen molar-refractivity contribution in [1.29, 1.82) is 0 Å². The summed E-state index contributed by atoms with van der Waals surface area (Å²) < 4.78 is 12.0. The summed E-state index contributed by atoms with van der Waals surface area (Å²) in [5, 5.41) is 0. The first-order chi connectivity index (χ1) is 13.2. The number of benzene rings is 1. The zero-order chi connectivity index (χ0) is 18.4. The van der Waals surface area contributed by atoms with Crippen molar-refractivity contribution in [3.8, 4) is 5.88 Å². The first-order valence-electron chi connectivity index (χ1n) is 9.49. The molecule has 140 valence electrons. The predicted molar refractivity (Wildman–Crippen MR) is 102 cm³/mol. The van der Waals surface area contributed by atoms with Gasteiger partial charge in [0, 0.05) is 50.4 Å². The highest BCUT2D eigenvalue weighted by Gasteiger charge is 2.30. The van der Waals surface area contributed by atoms with E-state index in [1.807, 2.05) is 38.1 Å². The Hall–Kier alpha value is -2.67. The molecule has 0 spiro atoms. The van der Waals surface area contributed by atoms with E-state index in [0.717, 1.165) is 79.2 Å². The number of para-hydroxylation sites is 2. The lowest BCUT2D eigenvalue weighted by molar-refractivity contribution is 0.141. The molecular formula is C20H23N5O2. The number of anilines is 1. The highest BCUT2D eigenvalue weighted by atomic mass is 16.5. The van der Waals surface area contributed by atoms with Crippen molar-refractivity contribution in [3.05, 3.63) is 41.3 Å². The average molecular weight is 365 g/mol. The summed E-state index contributed by atoms with van der Waals surface area (Å²) in [5.74, 6) is 1.55. The van der Waals surface area contributed by atoms with Gasteiger partial charge in [-0.25, -0.2) is 4.98 Å². The van der Waals surface area contributed by atoms with Crippen LogP contribution in [0.2, 0.25) is 0 Å². The maximum atomic E-state index is 6.09. The molecule has 7 heteroatoms. The Morgan fingerprint density at radius 1 is 1.04 bits per heavy atom. The van der Waals surface area contributed by atoms with Crippen molar-refractivity contribution in [3.63, 3.8) is 0 Å². The van der Waals surface area contributed by atoms with Crippen LogP contribution in [0.25, 0.3) is 11.1 Å². The van der Waals surface area contributed by atoms with E-state index in [1.165, 1.54) is 0 Å². The minimum atomic E-state index is 0.158.